The highest BCUT2D eigenvalue weighted by Crippen LogP contribution is 2.38. The van der Waals surface area contributed by atoms with E-state index in [1.807, 2.05) is 0 Å². The summed E-state index contributed by atoms with van der Waals surface area (Å²) in [4.78, 5) is 18.1. The van der Waals surface area contributed by atoms with Gasteiger partial charge in [0.2, 0.25) is 17.2 Å². The average Bonchev–Trinajstić information content (AvgIpc) is 3.17. The van der Waals surface area contributed by atoms with Gasteiger partial charge in [-0.15, -0.1) is 0 Å². The second kappa shape index (κ2) is 5.59. The fourth-order valence-electron chi connectivity index (χ4n) is 4.22. The Morgan fingerprint density at radius 1 is 0.810 bits per heavy atom. The first kappa shape index (κ1) is 13.6. The van der Waals surface area contributed by atoms with E-state index in [1.54, 1.807) is 0 Å². The van der Waals surface area contributed by atoms with Crippen molar-refractivity contribution in [2.45, 2.75) is 51.0 Å². The van der Waals surface area contributed by atoms with E-state index >= 15 is 0 Å². The molecular weight excluding hydrogens is 286 g/mol. The number of piperidine rings is 1. The third-order valence-corrected chi connectivity index (χ3v) is 5.39. The van der Waals surface area contributed by atoms with Gasteiger partial charge in [-0.3, -0.25) is 0 Å². The summed E-state index contributed by atoms with van der Waals surface area (Å²) in [6, 6.07) is 0.614. The predicted octanol–water partition coefficient (Wildman–Crippen LogP) is 2.89. The smallest absolute Gasteiger partial charge is 0.231 e. The highest BCUT2D eigenvalue weighted by atomic mass is 35.5. The van der Waals surface area contributed by atoms with Crippen LogP contribution in [-0.4, -0.2) is 40.6 Å². The number of anilines is 2. The summed E-state index contributed by atoms with van der Waals surface area (Å²) in [5.41, 5.74) is 0. The van der Waals surface area contributed by atoms with Gasteiger partial charge >= 0.3 is 0 Å². The molecule has 2 atom stereocenters. The van der Waals surface area contributed by atoms with Crippen molar-refractivity contribution in [1.29, 1.82) is 0 Å². The van der Waals surface area contributed by atoms with Crippen molar-refractivity contribution >= 4 is 23.5 Å². The molecule has 0 aromatic carbocycles. The van der Waals surface area contributed by atoms with Gasteiger partial charge in [-0.25, -0.2) is 0 Å². The molecule has 3 aliphatic rings. The number of hydrogen-bond donors (Lipinski definition) is 0. The maximum Gasteiger partial charge on any atom is 0.231 e. The molecule has 0 spiro atoms. The Morgan fingerprint density at radius 2 is 1.57 bits per heavy atom. The minimum atomic E-state index is 0.335. The Labute approximate surface area is 130 Å². The van der Waals surface area contributed by atoms with Crippen molar-refractivity contribution in [2.75, 3.05) is 29.4 Å². The molecule has 2 unspecified atom stereocenters. The second-order valence-electron chi connectivity index (χ2n) is 6.49. The Morgan fingerprint density at radius 3 is 2.43 bits per heavy atom. The molecule has 0 radical (unpaired) electrons. The number of rotatable bonds is 2. The molecule has 114 valence electrons. The maximum atomic E-state index is 6.18. The van der Waals surface area contributed by atoms with E-state index in [4.69, 9.17) is 16.6 Å². The molecule has 4 rings (SSSR count). The number of halogens is 1. The molecule has 1 saturated carbocycles. The first-order valence-corrected chi connectivity index (χ1v) is 8.62. The summed E-state index contributed by atoms with van der Waals surface area (Å²) in [7, 11) is 0. The average molecular weight is 308 g/mol. The molecule has 0 bridgehead atoms. The Hall–Kier alpha value is -1.10. The fraction of sp³-hybridized carbons (Fsp3) is 0.800. The van der Waals surface area contributed by atoms with Gasteiger partial charge in [0.1, 0.15) is 0 Å². The molecule has 2 saturated heterocycles. The van der Waals surface area contributed by atoms with Crippen molar-refractivity contribution < 1.29 is 0 Å². The van der Waals surface area contributed by atoms with Gasteiger partial charge in [0.25, 0.3) is 0 Å². The first-order valence-electron chi connectivity index (χ1n) is 8.24. The molecule has 3 fully saturated rings. The van der Waals surface area contributed by atoms with Crippen LogP contribution in [0, 0.1) is 5.92 Å². The molecule has 0 N–H and O–H groups in total. The minimum Gasteiger partial charge on any atom is -0.341 e. The summed E-state index contributed by atoms with van der Waals surface area (Å²) >= 11 is 6.18. The minimum absolute atomic E-state index is 0.335. The summed E-state index contributed by atoms with van der Waals surface area (Å²) in [5.74, 6) is 2.39. The van der Waals surface area contributed by atoms with Crippen LogP contribution in [0.3, 0.4) is 0 Å². The van der Waals surface area contributed by atoms with E-state index < -0.39 is 0 Å². The summed E-state index contributed by atoms with van der Waals surface area (Å²) < 4.78 is 0. The van der Waals surface area contributed by atoms with Crippen LogP contribution in [0.4, 0.5) is 11.9 Å². The monoisotopic (exact) mass is 307 g/mol. The lowest BCUT2D eigenvalue weighted by molar-refractivity contribution is 0.358. The summed E-state index contributed by atoms with van der Waals surface area (Å²) in [5, 5.41) is 0.335. The van der Waals surface area contributed by atoms with Crippen LogP contribution in [0.25, 0.3) is 0 Å². The van der Waals surface area contributed by atoms with E-state index in [2.05, 4.69) is 19.8 Å². The van der Waals surface area contributed by atoms with E-state index in [-0.39, 0.29) is 0 Å². The number of fused-ring (bicyclic) bond motifs is 1. The molecular formula is C15H22ClN5. The topological polar surface area (TPSA) is 45.2 Å². The quantitative estimate of drug-likeness (QED) is 0.840. The molecule has 0 amide bonds. The highest BCUT2D eigenvalue weighted by Gasteiger charge is 2.36. The Bertz CT molecular complexity index is 517. The zero-order valence-corrected chi connectivity index (χ0v) is 13.1. The molecule has 21 heavy (non-hydrogen) atoms. The molecule has 5 nitrogen and oxygen atoms in total. The van der Waals surface area contributed by atoms with Crippen molar-refractivity contribution in [2.24, 2.45) is 5.92 Å². The van der Waals surface area contributed by atoms with Gasteiger partial charge in [-0.2, -0.15) is 15.0 Å². The second-order valence-corrected chi connectivity index (χ2v) is 6.83. The van der Waals surface area contributed by atoms with Gasteiger partial charge < -0.3 is 9.80 Å². The van der Waals surface area contributed by atoms with E-state index in [1.165, 1.54) is 44.9 Å². The molecule has 1 aliphatic carbocycles. The molecule has 6 heteroatoms. The normalized spacial score (nSPS) is 29.0. The van der Waals surface area contributed by atoms with Gasteiger partial charge in [0.15, 0.2) is 0 Å². The maximum absolute atomic E-state index is 6.18. The summed E-state index contributed by atoms with van der Waals surface area (Å²) in [6.45, 7) is 3.12. The SMILES string of the molecule is Clc1nc(N2CCCC2)nc(N2CCCC3CCCC32)n1. The van der Waals surface area contributed by atoms with Crippen molar-refractivity contribution in [3.8, 4) is 0 Å². The lowest BCUT2D eigenvalue weighted by Crippen LogP contribution is -2.43. The third kappa shape index (κ3) is 2.56. The lowest BCUT2D eigenvalue weighted by Gasteiger charge is -2.38. The van der Waals surface area contributed by atoms with Gasteiger partial charge in [-0.1, -0.05) is 6.42 Å². The Kier molecular flexibility index (Phi) is 3.61. The highest BCUT2D eigenvalue weighted by molar-refractivity contribution is 6.28. The summed E-state index contributed by atoms with van der Waals surface area (Å²) in [6.07, 6.45) is 9.00. The van der Waals surface area contributed by atoms with E-state index in [9.17, 15) is 0 Å². The van der Waals surface area contributed by atoms with Crippen LogP contribution in [0.1, 0.15) is 44.9 Å². The van der Waals surface area contributed by atoms with Crippen molar-refractivity contribution in [3.63, 3.8) is 0 Å². The molecule has 3 heterocycles. The molecule has 2 aliphatic heterocycles. The van der Waals surface area contributed by atoms with Crippen molar-refractivity contribution in [1.82, 2.24) is 15.0 Å². The van der Waals surface area contributed by atoms with Crippen LogP contribution in [0.2, 0.25) is 5.28 Å². The number of aromatic nitrogens is 3. The van der Waals surface area contributed by atoms with Gasteiger partial charge in [-0.05, 0) is 56.0 Å². The van der Waals surface area contributed by atoms with Crippen molar-refractivity contribution in [3.05, 3.63) is 5.28 Å². The van der Waals surface area contributed by atoms with Crippen LogP contribution in [0.5, 0.6) is 0 Å². The van der Waals surface area contributed by atoms with Crippen LogP contribution < -0.4 is 9.80 Å². The van der Waals surface area contributed by atoms with E-state index in [0.717, 1.165) is 37.4 Å². The number of nitrogens with zero attached hydrogens (tertiary/aromatic N) is 5. The van der Waals surface area contributed by atoms with Gasteiger partial charge in [0, 0.05) is 25.7 Å². The molecule has 1 aromatic heterocycles. The standard InChI is InChI=1S/C15H22ClN5/c16-13-17-14(20-8-1-2-9-20)19-15(18-13)21-10-4-6-11-5-3-7-12(11)21/h11-12H,1-10H2. The fourth-order valence-corrected chi connectivity index (χ4v) is 4.37. The molecule has 1 aromatic rings. The largest absolute Gasteiger partial charge is 0.341 e. The van der Waals surface area contributed by atoms with Gasteiger partial charge in [0.05, 0.1) is 0 Å². The van der Waals surface area contributed by atoms with Crippen LogP contribution in [-0.2, 0) is 0 Å². The van der Waals surface area contributed by atoms with Crippen LogP contribution >= 0.6 is 11.6 Å². The zero-order valence-electron chi connectivity index (χ0n) is 12.3. The third-order valence-electron chi connectivity index (χ3n) is 5.22. The first-order chi connectivity index (χ1) is 10.3. The lowest BCUT2D eigenvalue weighted by atomic mass is 9.92. The van der Waals surface area contributed by atoms with Crippen LogP contribution in [0.15, 0.2) is 0 Å². The zero-order chi connectivity index (χ0) is 14.2. The Balaban J connectivity index is 1.64. The number of hydrogen-bond acceptors (Lipinski definition) is 5. The van der Waals surface area contributed by atoms with E-state index in [0.29, 0.717) is 11.3 Å². The predicted molar refractivity (Wildman–Crippen MR) is 84.0 cm³/mol.